The van der Waals surface area contributed by atoms with Crippen LogP contribution in [0, 0.1) is 11.3 Å². The molecule has 0 bridgehead atoms. The van der Waals surface area contributed by atoms with Crippen LogP contribution in [0.4, 0.5) is 0 Å². The molecule has 0 radical (unpaired) electrons. The number of carbonyl (C=O) groups is 1. The molecule has 0 aliphatic carbocycles. The van der Waals surface area contributed by atoms with Gasteiger partial charge in [0.1, 0.15) is 6.07 Å². The lowest BCUT2D eigenvalue weighted by atomic mass is 10.1. The molecule has 0 unspecified atom stereocenters. The molecule has 0 amide bonds. The highest BCUT2D eigenvalue weighted by Crippen LogP contribution is 2.23. The molecule has 0 atom stereocenters. The third kappa shape index (κ3) is 1.84. The quantitative estimate of drug-likeness (QED) is 0.602. The summed E-state index contributed by atoms with van der Waals surface area (Å²) >= 11 is 9.57. The van der Waals surface area contributed by atoms with E-state index in [0.29, 0.717) is 5.56 Å². The highest BCUT2D eigenvalue weighted by molar-refractivity contribution is 7.80. The summed E-state index contributed by atoms with van der Waals surface area (Å²) in [7, 11) is 0. The minimum Gasteiger partial charge on any atom is -0.478 e. The van der Waals surface area contributed by atoms with Crippen molar-refractivity contribution >= 4 is 30.2 Å². The summed E-state index contributed by atoms with van der Waals surface area (Å²) in [6, 6.07) is 4.80. The van der Waals surface area contributed by atoms with Gasteiger partial charge in [-0.3, -0.25) is 0 Å². The van der Waals surface area contributed by atoms with Crippen LogP contribution in [-0.2, 0) is 5.88 Å². The molecule has 0 spiro atoms. The second-order valence-corrected chi connectivity index (χ2v) is 3.26. The molecule has 3 nitrogen and oxygen atoms in total. The number of nitrogens with zero attached hydrogens (tertiary/aromatic N) is 1. The molecule has 1 N–H and O–H groups in total. The Kier molecular flexibility index (Phi) is 3.39. The van der Waals surface area contributed by atoms with E-state index in [-0.39, 0.29) is 21.9 Å². The number of rotatable bonds is 2. The number of hydrogen-bond donors (Lipinski definition) is 2. The van der Waals surface area contributed by atoms with Crippen LogP contribution in [0.3, 0.4) is 0 Å². The van der Waals surface area contributed by atoms with Crippen molar-refractivity contribution in [3.05, 3.63) is 28.8 Å². The number of benzene rings is 1. The van der Waals surface area contributed by atoms with Crippen LogP contribution in [0.1, 0.15) is 21.5 Å². The number of halogens is 1. The van der Waals surface area contributed by atoms with Crippen LogP contribution in [-0.4, -0.2) is 11.1 Å². The van der Waals surface area contributed by atoms with Crippen LogP contribution in [0.5, 0.6) is 0 Å². The van der Waals surface area contributed by atoms with Gasteiger partial charge in [0.2, 0.25) is 0 Å². The minimum atomic E-state index is -1.10. The molecule has 0 aliphatic rings. The second kappa shape index (κ2) is 4.36. The van der Waals surface area contributed by atoms with E-state index in [1.807, 2.05) is 6.07 Å². The Bertz CT molecular complexity index is 426. The normalized spacial score (nSPS) is 9.50. The highest BCUT2D eigenvalue weighted by Gasteiger charge is 2.14. The second-order valence-electron chi connectivity index (χ2n) is 2.55. The predicted molar refractivity (Wildman–Crippen MR) is 54.9 cm³/mol. The van der Waals surface area contributed by atoms with Gasteiger partial charge in [0.15, 0.2) is 0 Å². The largest absolute Gasteiger partial charge is 0.478 e. The smallest absolute Gasteiger partial charge is 0.336 e. The van der Waals surface area contributed by atoms with Crippen molar-refractivity contribution < 1.29 is 9.90 Å². The minimum absolute atomic E-state index is 0.0127. The number of nitriles is 1. The van der Waals surface area contributed by atoms with Crippen molar-refractivity contribution in [2.24, 2.45) is 0 Å². The van der Waals surface area contributed by atoms with Gasteiger partial charge in [-0.05, 0) is 11.6 Å². The number of carboxylic acids is 1. The molecule has 14 heavy (non-hydrogen) atoms. The molecule has 1 rings (SSSR count). The van der Waals surface area contributed by atoms with Crippen LogP contribution in [0.2, 0.25) is 0 Å². The van der Waals surface area contributed by atoms with Gasteiger partial charge in [-0.2, -0.15) is 5.26 Å². The first-order valence-corrected chi connectivity index (χ1v) is 4.64. The third-order valence-electron chi connectivity index (χ3n) is 1.75. The summed E-state index contributed by atoms with van der Waals surface area (Å²) in [6.45, 7) is 0. The van der Waals surface area contributed by atoms with Crippen molar-refractivity contribution in [1.29, 1.82) is 5.26 Å². The molecule has 0 saturated heterocycles. The van der Waals surface area contributed by atoms with Crippen LogP contribution >= 0.6 is 24.2 Å². The van der Waals surface area contributed by atoms with Crippen molar-refractivity contribution in [2.75, 3.05) is 0 Å². The molecule has 0 fully saturated rings. The van der Waals surface area contributed by atoms with E-state index >= 15 is 0 Å². The van der Waals surface area contributed by atoms with E-state index in [2.05, 4.69) is 12.6 Å². The highest BCUT2D eigenvalue weighted by atomic mass is 35.5. The fraction of sp³-hybridized carbons (Fsp3) is 0.111. The molecular formula is C9H6ClNO2S. The van der Waals surface area contributed by atoms with Gasteiger partial charge in [0, 0.05) is 10.8 Å². The maximum absolute atomic E-state index is 10.7. The molecule has 72 valence electrons. The first-order valence-electron chi connectivity index (χ1n) is 3.66. The van der Waals surface area contributed by atoms with Gasteiger partial charge in [-0.25, -0.2) is 4.79 Å². The van der Waals surface area contributed by atoms with Gasteiger partial charge in [-0.1, -0.05) is 6.07 Å². The average molecular weight is 228 g/mol. The first-order chi connectivity index (χ1) is 6.61. The molecular weight excluding hydrogens is 222 g/mol. The van der Waals surface area contributed by atoms with Gasteiger partial charge in [0.25, 0.3) is 0 Å². The molecule has 1 aromatic carbocycles. The van der Waals surface area contributed by atoms with Crippen molar-refractivity contribution in [3.8, 4) is 6.07 Å². The molecule has 0 saturated carbocycles. The lowest BCUT2D eigenvalue weighted by Gasteiger charge is -2.05. The monoisotopic (exact) mass is 227 g/mol. The van der Waals surface area contributed by atoms with Crippen LogP contribution < -0.4 is 0 Å². The number of hydrogen-bond acceptors (Lipinski definition) is 3. The Labute approximate surface area is 91.3 Å². The van der Waals surface area contributed by atoms with E-state index < -0.39 is 5.97 Å². The van der Waals surface area contributed by atoms with Crippen molar-refractivity contribution in [1.82, 2.24) is 0 Å². The Balaban J connectivity index is 3.44. The van der Waals surface area contributed by atoms with E-state index in [4.69, 9.17) is 22.0 Å². The summed E-state index contributed by atoms with van der Waals surface area (Å²) in [5.41, 5.74) is 0.825. The number of aromatic carboxylic acids is 1. The molecule has 0 heterocycles. The molecule has 5 heteroatoms. The zero-order valence-electron chi connectivity index (χ0n) is 6.99. The van der Waals surface area contributed by atoms with Crippen LogP contribution in [0.15, 0.2) is 17.0 Å². The summed E-state index contributed by atoms with van der Waals surface area (Å²) in [5.74, 6) is -0.941. The van der Waals surface area contributed by atoms with E-state index in [0.717, 1.165) is 0 Å². The van der Waals surface area contributed by atoms with Gasteiger partial charge in [-0.15, -0.1) is 24.2 Å². The third-order valence-corrected chi connectivity index (χ3v) is 2.50. The molecule has 0 aliphatic heterocycles. The maximum atomic E-state index is 10.7. The van der Waals surface area contributed by atoms with Gasteiger partial charge in [0.05, 0.1) is 11.1 Å². The van der Waals surface area contributed by atoms with Crippen molar-refractivity contribution in [3.63, 3.8) is 0 Å². The zero-order chi connectivity index (χ0) is 10.7. The van der Waals surface area contributed by atoms with E-state index in [1.165, 1.54) is 12.1 Å². The summed E-state index contributed by atoms with van der Waals surface area (Å²) in [4.78, 5) is 10.9. The van der Waals surface area contributed by atoms with Gasteiger partial charge >= 0.3 is 5.97 Å². The summed E-state index contributed by atoms with van der Waals surface area (Å²) in [5, 5.41) is 17.5. The Morgan fingerprint density at radius 3 is 2.71 bits per heavy atom. The topological polar surface area (TPSA) is 61.1 Å². The zero-order valence-corrected chi connectivity index (χ0v) is 8.64. The lowest BCUT2D eigenvalue weighted by molar-refractivity contribution is 0.0693. The Morgan fingerprint density at radius 2 is 2.29 bits per heavy atom. The van der Waals surface area contributed by atoms with E-state index in [1.54, 1.807) is 0 Å². The standard InChI is InChI=1S/C9H6ClNO2S/c10-3-5-1-2-6(9(12)13)8(14)7(5)4-11/h1-2,14H,3H2,(H,12,13). The number of carboxylic acid groups (broad SMARTS) is 1. The Hall–Kier alpha value is -1.18. The SMILES string of the molecule is N#Cc1c(CCl)ccc(C(=O)O)c1S. The Morgan fingerprint density at radius 1 is 1.64 bits per heavy atom. The summed E-state index contributed by atoms with van der Waals surface area (Å²) < 4.78 is 0. The number of alkyl halides is 1. The molecule has 1 aromatic rings. The van der Waals surface area contributed by atoms with Gasteiger partial charge < -0.3 is 5.11 Å². The predicted octanol–water partition coefficient (Wildman–Crippen LogP) is 2.28. The van der Waals surface area contributed by atoms with E-state index in [9.17, 15) is 4.79 Å². The fourth-order valence-electron chi connectivity index (χ4n) is 1.04. The summed E-state index contributed by atoms with van der Waals surface area (Å²) in [6.07, 6.45) is 0. The van der Waals surface area contributed by atoms with Crippen LogP contribution in [0.25, 0.3) is 0 Å². The molecule has 0 aromatic heterocycles. The fourth-order valence-corrected chi connectivity index (χ4v) is 1.63. The van der Waals surface area contributed by atoms with Crippen molar-refractivity contribution in [2.45, 2.75) is 10.8 Å². The number of thiol groups is 1. The lowest BCUT2D eigenvalue weighted by Crippen LogP contribution is -2.01. The maximum Gasteiger partial charge on any atom is 0.336 e. The first kappa shape index (κ1) is 10.9. The average Bonchev–Trinajstić information content (AvgIpc) is 2.16.